The normalized spacial score (nSPS) is 19.0. The van der Waals surface area contributed by atoms with Gasteiger partial charge >= 0.3 is 0 Å². The molecular weight excluding hydrogens is 296 g/mol. The first-order valence-corrected chi connectivity index (χ1v) is 8.78. The van der Waals surface area contributed by atoms with Gasteiger partial charge in [-0.3, -0.25) is 9.69 Å². The fourth-order valence-electron chi connectivity index (χ4n) is 3.14. The van der Waals surface area contributed by atoms with Crippen molar-refractivity contribution in [2.24, 2.45) is 0 Å². The lowest BCUT2D eigenvalue weighted by Crippen LogP contribution is -2.51. The zero-order valence-electron chi connectivity index (χ0n) is 13.7. The second-order valence-corrected chi connectivity index (χ2v) is 6.65. The maximum Gasteiger partial charge on any atom is 0.237 e. The highest BCUT2D eigenvalue weighted by Gasteiger charge is 2.28. The van der Waals surface area contributed by atoms with Crippen LogP contribution in [0.2, 0.25) is 0 Å². The van der Waals surface area contributed by atoms with Crippen molar-refractivity contribution in [3.8, 4) is 0 Å². The van der Waals surface area contributed by atoms with E-state index in [1.807, 2.05) is 11.0 Å². The van der Waals surface area contributed by atoms with Crippen molar-refractivity contribution in [1.82, 2.24) is 9.80 Å². The Morgan fingerprint density at radius 2 is 2.05 bits per heavy atom. The third-order valence-corrected chi connectivity index (χ3v) is 4.69. The van der Waals surface area contributed by atoms with Gasteiger partial charge in [-0.05, 0) is 38.7 Å². The minimum atomic E-state index is 0.0785. The van der Waals surface area contributed by atoms with Gasteiger partial charge in [0.1, 0.15) is 5.88 Å². The number of carbonyl (C=O) groups is 1. The van der Waals surface area contributed by atoms with Gasteiger partial charge in [-0.25, -0.2) is 0 Å². The van der Waals surface area contributed by atoms with E-state index in [0.717, 1.165) is 32.5 Å². The van der Waals surface area contributed by atoms with Gasteiger partial charge in [-0.2, -0.15) is 0 Å². The van der Waals surface area contributed by atoms with E-state index in [-0.39, 0.29) is 11.8 Å². The molecule has 0 unspecified atom stereocenters. The summed E-state index contributed by atoms with van der Waals surface area (Å²) in [6, 6.07) is 11.3. The molecule has 0 N–H and O–H groups in total. The van der Waals surface area contributed by atoms with Crippen molar-refractivity contribution in [3.05, 3.63) is 35.9 Å². The number of hydrogen-bond acceptors (Lipinski definition) is 2. The van der Waals surface area contributed by atoms with Crippen LogP contribution in [0.4, 0.5) is 0 Å². The van der Waals surface area contributed by atoms with Crippen LogP contribution >= 0.6 is 11.6 Å². The minimum absolute atomic E-state index is 0.0785. The van der Waals surface area contributed by atoms with E-state index in [1.165, 1.54) is 12.0 Å². The Morgan fingerprint density at radius 1 is 1.32 bits per heavy atom. The monoisotopic (exact) mass is 322 g/mol. The highest BCUT2D eigenvalue weighted by atomic mass is 35.5. The summed E-state index contributed by atoms with van der Waals surface area (Å²) in [6.45, 7) is 7.15. The molecule has 1 atom stereocenters. The van der Waals surface area contributed by atoms with Gasteiger partial charge in [0.15, 0.2) is 0 Å². The summed E-state index contributed by atoms with van der Waals surface area (Å²) in [6.07, 6.45) is 3.38. The number of nitrogens with zero attached hydrogens (tertiary/aromatic N) is 2. The van der Waals surface area contributed by atoms with Crippen molar-refractivity contribution in [1.29, 1.82) is 0 Å². The Labute approximate surface area is 139 Å². The molecule has 122 valence electrons. The van der Waals surface area contributed by atoms with E-state index in [0.29, 0.717) is 12.1 Å². The number of carbonyl (C=O) groups excluding carboxylic acids is 1. The molecule has 4 heteroatoms. The van der Waals surface area contributed by atoms with Crippen molar-refractivity contribution in [2.75, 3.05) is 19.0 Å². The Bertz CT molecular complexity index is 463. The van der Waals surface area contributed by atoms with Gasteiger partial charge in [-0.1, -0.05) is 30.3 Å². The first-order chi connectivity index (χ1) is 10.6. The van der Waals surface area contributed by atoms with Crippen molar-refractivity contribution < 1.29 is 4.79 Å². The van der Waals surface area contributed by atoms with Gasteiger partial charge in [0, 0.05) is 31.7 Å². The fourth-order valence-corrected chi connectivity index (χ4v) is 3.30. The lowest BCUT2D eigenvalue weighted by Gasteiger charge is -2.39. The van der Waals surface area contributed by atoms with Crippen LogP contribution in [0, 0.1) is 0 Å². The third-order valence-electron chi connectivity index (χ3n) is 4.47. The van der Waals surface area contributed by atoms with Gasteiger partial charge in [0.25, 0.3) is 0 Å². The maximum absolute atomic E-state index is 12.1. The number of piperidine rings is 1. The largest absolute Gasteiger partial charge is 0.337 e. The average molecular weight is 323 g/mol. The predicted molar refractivity (Wildman–Crippen MR) is 92.1 cm³/mol. The van der Waals surface area contributed by atoms with Gasteiger partial charge in [-0.15, -0.1) is 11.6 Å². The van der Waals surface area contributed by atoms with Gasteiger partial charge in [0.2, 0.25) is 5.91 Å². The van der Waals surface area contributed by atoms with Crippen LogP contribution in [0.1, 0.15) is 38.7 Å². The van der Waals surface area contributed by atoms with Crippen LogP contribution in [-0.2, 0) is 11.3 Å². The summed E-state index contributed by atoms with van der Waals surface area (Å²) < 4.78 is 0. The Balaban J connectivity index is 2.04. The second kappa shape index (κ2) is 8.54. The summed E-state index contributed by atoms with van der Waals surface area (Å²) in [5, 5.41) is 0. The average Bonchev–Trinajstić information content (AvgIpc) is 2.55. The van der Waals surface area contributed by atoms with Crippen LogP contribution in [0.5, 0.6) is 0 Å². The quantitative estimate of drug-likeness (QED) is 0.748. The smallest absolute Gasteiger partial charge is 0.237 e. The molecule has 22 heavy (non-hydrogen) atoms. The maximum atomic E-state index is 12.1. The molecular formula is C18H27ClN2O. The van der Waals surface area contributed by atoms with Crippen LogP contribution in [0.25, 0.3) is 0 Å². The molecule has 0 aromatic heterocycles. The lowest BCUT2D eigenvalue weighted by atomic mass is 10.0. The Kier molecular flexibility index (Phi) is 6.71. The molecule has 0 saturated carbocycles. The standard InChI is InChI=1S/C18H27ClN2O/c1-15(2)20(13-16-8-4-3-5-9-16)14-17-10-6-7-11-21(17)18(22)12-19/h3-5,8-9,15,17H,6-7,10-14H2,1-2H3/t17-/m1/s1. The molecule has 1 aromatic rings. The summed E-state index contributed by atoms with van der Waals surface area (Å²) in [5.74, 6) is 0.173. The SMILES string of the molecule is CC(C)N(Cc1ccccc1)C[C@H]1CCCCN1C(=O)CCl. The second-order valence-electron chi connectivity index (χ2n) is 6.38. The van der Waals surface area contributed by atoms with Crippen molar-refractivity contribution in [3.63, 3.8) is 0 Å². The Hall–Kier alpha value is -1.06. The number of benzene rings is 1. The van der Waals surface area contributed by atoms with Crippen LogP contribution in [0.3, 0.4) is 0 Å². The highest BCUT2D eigenvalue weighted by molar-refractivity contribution is 6.27. The number of amides is 1. The van der Waals surface area contributed by atoms with Crippen LogP contribution < -0.4 is 0 Å². The molecule has 0 spiro atoms. The van der Waals surface area contributed by atoms with E-state index >= 15 is 0 Å². The van der Waals surface area contributed by atoms with Crippen LogP contribution in [0.15, 0.2) is 30.3 Å². The number of hydrogen-bond donors (Lipinski definition) is 0. The third kappa shape index (κ3) is 4.72. The van der Waals surface area contributed by atoms with E-state index in [2.05, 4.69) is 43.0 Å². The zero-order valence-corrected chi connectivity index (χ0v) is 14.4. The molecule has 3 nitrogen and oxygen atoms in total. The molecule has 0 radical (unpaired) electrons. The number of likely N-dealkylation sites (tertiary alicyclic amines) is 1. The molecule has 0 aliphatic carbocycles. The first-order valence-electron chi connectivity index (χ1n) is 8.25. The van der Waals surface area contributed by atoms with Crippen LogP contribution in [-0.4, -0.2) is 46.8 Å². The number of alkyl halides is 1. The molecule has 1 fully saturated rings. The summed E-state index contributed by atoms with van der Waals surface area (Å²) in [7, 11) is 0. The molecule has 1 aliphatic rings. The zero-order chi connectivity index (χ0) is 15.9. The van der Waals surface area contributed by atoms with E-state index in [1.54, 1.807) is 0 Å². The van der Waals surface area contributed by atoms with E-state index in [9.17, 15) is 4.79 Å². The number of rotatable bonds is 6. The Morgan fingerprint density at radius 3 is 2.68 bits per heavy atom. The fraction of sp³-hybridized carbons (Fsp3) is 0.611. The molecule has 1 aliphatic heterocycles. The summed E-state index contributed by atoms with van der Waals surface area (Å²) >= 11 is 5.77. The first kappa shape index (κ1) is 17.3. The molecule has 1 saturated heterocycles. The van der Waals surface area contributed by atoms with Gasteiger partial charge in [0.05, 0.1) is 0 Å². The summed E-state index contributed by atoms with van der Waals surface area (Å²) in [5.41, 5.74) is 1.32. The molecule has 1 amide bonds. The number of halogens is 1. The minimum Gasteiger partial charge on any atom is -0.337 e. The van der Waals surface area contributed by atoms with Crippen molar-refractivity contribution >= 4 is 17.5 Å². The highest BCUT2D eigenvalue weighted by Crippen LogP contribution is 2.20. The molecule has 0 bridgehead atoms. The van der Waals surface area contributed by atoms with Gasteiger partial charge < -0.3 is 4.90 Å². The van der Waals surface area contributed by atoms with E-state index in [4.69, 9.17) is 11.6 Å². The molecule has 2 rings (SSSR count). The lowest BCUT2D eigenvalue weighted by molar-refractivity contribution is -0.132. The summed E-state index contributed by atoms with van der Waals surface area (Å²) in [4.78, 5) is 16.5. The topological polar surface area (TPSA) is 23.6 Å². The van der Waals surface area contributed by atoms with E-state index < -0.39 is 0 Å². The molecule has 1 heterocycles. The van der Waals surface area contributed by atoms with Crippen molar-refractivity contribution in [2.45, 2.75) is 51.7 Å². The molecule has 1 aromatic carbocycles. The predicted octanol–water partition coefficient (Wildman–Crippen LogP) is 3.52.